The lowest BCUT2D eigenvalue weighted by Crippen LogP contribution is -2.20. The van der Waals surface area contributed by atoms with Gasteiger partial charge in [0.25, 0.3) is 0 Å². The molecule has 2 aromatic rings. The van der Waals surface area contributed by atoms with Gasteiger partial charge in [0.1, 0.15) is 11.6 Å². The van der Waals surface area contributed by atoms with Crippen LogP contribution >= 0.6 is 0 Å². The molecule has 2 rings (SSSR count). The third-order valence-electron chi connectivity index (χ3n) is 2.79. The van der Waals surface area contributed by atoms with Crippen LogP contribution in [0.1, 0.15) is 22.9 Å². The summed E-state index contributed by atoms with van der Waals surface area (Å²) < 4.78 is 27.0. The molecule has 0 saturated carbocycles. The second-order valence-corrected chi connectivity index (χ2v) is 4.15. The van der Waals surface area contributed by atoms with Crippen LogP contribution in [0.5, 0.6) is 0 Å². The van der Waals surface area contributed by atoms with Gasteiger partial charge in [-0.1, -0.05) is 0 Å². The number of aryl methyl sites for hydroxylation is 1. The zero-order valence-electron chi connectivity index (χ0n) is 10.2. The van der Waals surface area contributed by atoms with Gasteiger partial charge in [0.2, 0.25) is 0 Å². The number of halogens is 2. The van der Waals surface area contributed by atoms with Crippen LogP contribution in [0.15, 0.2) is 36.5 Å². The third-order valence-corrected chi connectivity index (χ3v) is 2.79. The van der Waals surface area contributed by atoms with Gasteiger partial charge in [-0.25, -0.2) is 8.78 Å². The number of pyridine rings is 1. The molecule has 4 heteroatoms. The summed E-state index contributed by atoms with van der Waals surface area (Å²) in [7, 11) is 1.69. The average Bonchev–Trinajstić information content (AvgIpc) is 2.35. The molecule has 0 fully saturated rings. The number of nitrogens with zero attached hydrogens (tertiary/aromatic N) is 1. The minimum Gasteiger partial charge on any atom is -0.308 e. The van der Waals surface area contributed by atoms with Crippen molar-refractivity contribution in [3.8, 4) is 0 Å². The van der Waals surface area contributed by atoms with Crippen LogP contribution in [0.4, 0.5) is 8.78 Å². The molecule has 1 heterocycles. The van der Waals surface area contributed by atoms with E-state index in [0.29, 0.717) is 5.69 Å². The Hall–Kier alpha value is -1.81. The molecular weight excluding hydrogens is 234 g/mol. The summed E-state index contributed by atoms with van der Waals surface area (Å²) in [5.41, 5.74) is 1.95. The van der Waals surface area contributed by atoms with Gasteiger partial charge >= 0.3 is 0 Å². The van der Waals surface area contributed by atoms with Gasteiger partial charge in [-0.2, -0.15) is 0 Å². The average molecular weight is 248 g/mol. The molecule has 1 unspecified atom stereocenters. The SMILES string of the molecule is CNC(c1cc(C)ccn1)c1cc(F)ccc1F. The Bertz CT molecular complexity index is 555. The summed E-state index contributed by atoms with van der Waals surface area (Å²) in [5.74, 6) is -0.904. The van der Waals surface area contributed by atoms with Crippen molar-refractivity contribution in [1.82, 2.24) is 10.3 Å². The highest BCUT2D eigenvalue weighted by atomic mass is 19.1. The Morgan fingerprint density at radius 2 is 1.94 bits per heavy atom. The lowest BCUT2D eigenvalue weighted by atomic mass is 10.0. The molecule has 1 aromatic heterocycles. The first-order valence-corrected chi connectivity index (χ1v) is 5.66. The van der Waals surface area contributed by atoms with E-state index in [1.165, 1.54) is 6.07 Å². The van der Waals surface area contributed by atoms with Crippen LogP contribution in [0.2, 0.25) is 0 Å². The van der Waals surface area contributed by atoms with Crippen molar-refractivity contribution in [1.29, 1.82) is 0 Å². The van der Waals surface area contributed by atoms with Crippen LogP contribution in [0, 0.1) is 18.6 Å². The van der Waals surface area contributed by atoms with E-state index >= 15 is 0 Å². The maximum Gasteiger partial charge on any atom is 0.128 e. The van der Waals surface area contributed by atoms with Gasteiger partial charge in [-0.05, 0) is 49.9 Å². The van der Waals surface area contributed by atoms with Crippen molar-refractivity contribution in [3.63, 3.8) is 0 Å². The van der Waals surface area contributed by atoms with Crippen molar-refractivity contribution in [2.75, 3.05) is 7.05 Å². The quantitative estimate of drug-likeness (QED) is 0.903. The topological polar surface area (TPSA) is 24.9 Å². The molecule has 0 aliphatic heterocycles. The minimum atomic E-state index is -0.459. The highest BCUT2D eigenvalue weighted by molar-refractivity contribution is 5.31. The number of hydrogen-bond donors (Lipinski definition) is 1. The summed E-state index contributed by atoms with van der Waals surface area (Å²) in [5, 5.41) is 2.96. The molecule has 94 valence electrons. The number of aromatic nitrogens is 1. The van der Waals surface area contributed by atoms with E-state index in [4.69, 9.17) is 0 Å². The third kappa shape index (κ3) is 2.54. The molecule has 0 spiro atoms. The van der Waals surface area contributed by atoms with Crippen LogP contribution < -0.4 is 5.32 Å². The first kappa shape index (κ1) is 12.6. The highest BCUT2D eigenvalue weighted by Crippen LogP contribution is 2.24. The van der Waals surface area contributed by atoms with E-state index in [0.717, 1.165) is 17.7 Å². The standard InChI is InChI=1S/C14H14F2N2/c1-9-5-6-18-13(7-9)14(17-2)11-8-10(15)3-4-12(11)16/h3-8,14,17H,1-2H3. The number of nitrogens with one attached hydrogen (secondary N) is 1. The van der Waals surface area contributed by atoms with E-state index < -0.39 is 17.7 Å². The van der Waals surface area contributed by atoms with Crippen LogP contribution in [-0.4, -0.2) is 12.0 Å². The molecule has 18 heavy (non-hydrogen) atoms. The molecule has 0 aliphatic rings. The first-order chi connectivity index (χ1) is 8.61. The Labute approximate surface area is 105 Å². The van der Waals surface area contributed by atoms with Crippen molar-refractivity contribution in [2.45, 2.75) is 13.0 Å². The zero-order chi connectivity index (χ0) is 13.1. The van der Waals surface area contributed by atoms with Crippen molar-refractivity contribution in [2.24, 2.45) is 0 Å². The molecule has 1 aromatic carbocycles. The first-order valence-electron chi connectivity index (χ1n) is 5.66. The van der Waals surface area contributed by atoms with Crippen molar-refractivity contribution >= 4 is 0 Å². The van der Waals surface area contributed by atoms with E-state index in [9.17, 15) is 8.78 Å². The van der Waals surface area contributed by atoms with E-state index in [1.807, 2.05) is 19.1 Å². The maximum atomic E-state index is 13.8. The van der Waals surface area contributed by atoms with Gasteiger partial charge in [-0.3, -0.25) is 4.98 Å². The summed E-state index contributed by atoms with van der Waals surface area (Å²) in [4.78, 5) is 4.21. The Balaban J connectivity index is 2.48. The fourth-order valence-corrected chi connectivity index (χ4v) is 1.92. The Kier molecular flexibility index (Phi) is 3.67. The van der Waals surface area contributed by atoms with Crippen LogP contribution in [0.25, 0.3) is 0 Å². The molecule has 1 atom stereocenters. The molecule has 0 aliphatic carbocycles. The van der Waals surface area contributed by atoms with Gasteiger partial charge in [0.05, 0.1) is 11.7 Å². The van der Waals surface area contributed by atoms with E-state index in [-0.39, 0.29) is 5.56 Å². The molecular formula is C14H14F2N2. The number of hydrogen-bond acceptors (Lipinski definition) is 2. The van der Waals surface area contributed by atoms with Crippen LogP contribution in [0.3, 0.4) is 0 Å². The lowest BCUT2D eigenvalue weighted by Gasteiger charge is -2.17. The smallest absolute Gasteiger partial charge is 0.128 e. The number of rotatable bonds is 3. The zero-order valence-corrected chi connectivity index (χ0v) is 10.2. The molecule has 0 saturated heterocycles. The maximum absolute atomic E-state index is 13.8. The second kappa shape index (κ2) is 5.23. The summed E-state index contributed by atoms with van der Waals surface area (Å²) >= 11 is 0. The van der Waals surface area contributed by atoms with Gasteiger partial charge in [0, 0.05) is 11.8 Å². The van der Waals surface area contributed by atoms with Gasteiger partial charge in [0.15, 0.2) is 0 Å². The fraction of sp³-hybridized carbons (Fsp3) is 0.214. The second-order valence-electron chi connectivity index (χ2n) is 4.15. The molecule has 0 bridgehead atoms. The molecule has 0 radical (unpaired) electrons. The van der Waals surface area contributed by atoms with Gasteiger partial charge < -0.3 is 5.32 Å². The Morgan fingerprint density at radius 3 is 2.61 bits per heavy atom. The molecule has 0 amide bonds. The van der Waals surface area contributed by atoms with Crippen LogP contribution in [-0.2, 0) is 0 Å². The molecule has 2 nitrogen and oxygen atoms in total. The predicted octanol–water partition coefficient (Wildman–Crippen LogP) is 2.98. The minimum absolute atomic E-state index is 0.260. The highest BCUT2D eigenvalue weighted by Gasteiger charge is 2.18. The number of benzene rings is 1. The summed E-state index contributed by atoms with van der Waals surface area (Å²) in [6.45, 7) is 1.93. The summed E-state index contributed by atoms with van der Waals surface area (Å²) in [6.07, 6.45) is 1.66. The van der Waals surface area contributed by atoms with E-state index in [2.05, 4.69) is 10.3 Å². The fourth-order valence-electron chi connectivity index (χ4n) is 1.92. The van der Waals surface area contributed by atoms with Gasteiger partial charge in [-0.15, -0.1) is 0 Å². The molecule has 1 N–H and O–H groups in total. The monoisotopic (exact) mass is 248 g/mol. The summed E-state index contributed by atoms with van der Waals surface area (Å²) in [6, 6.07) is 6.69. The van der Waals surface area contributed by atoms with Crippen molar-refractivity contribution in [3.05, 3.63) is 65.0 Å². The Morgan fingerprint density at radius 1 is 1.17 bits per heavy atom. The van der Waals surface area contributed by atoms with E-state index in [1.54, 1.807) is 13.2 Å². The normalized spacial score (nSPS) is 12.4. The lowest BCUT2D eigenvalue weighted by molar-refractivity contribution is 0.553. The predicted molar refractivity (Wildman–Crippen MR) is 66.2 cm³/mol. The van der Waals surface area contributed by atoms with Crippen molar-refractivity contribution < 1.29 is 8.78 Å². The largest absolute Gasteiger partial charge is 0.308 e.